The summed E-state index contributed by atoms with van der Waals surface area (Å²) in [6, 6.07) is 0. The number of rotatable bonds is 8. The van der Waals surface area contributed by atoms with Crippen molar-refractivity contribution in [1.82, 2.24) is 0 Å². The molecular weight excluding hydrogens is 300 g/mol. The molecule has 0 aromatic rings. The first-order valence-corrected chi connectivity index (χ1v) is 15.9. The van der Waals surface area contributed by atoms with E-state index in [1.165, 1.54) is 0 Å². The van der Waals surface area contributed by atoms with Crippen LogP contribution in [0.25, 0.3) is 0 Å². The van der Waals surface area contributed by atoms with Gasteiger partial charge in [0, 0.05) is 0 Å². The molecule has 0 saturated heterocycles. The quantitative estimate of drug-likeness (QED) is 0.612. The Morgan fingerprint density at radius 2 is 1.40 bits per heavy atom. The summed E-state index contributed by atoms with van der Waals surface area (Å²) in [5.74, 6) is 0. The molecule has 0 aromatic heterocycles. The van der Waals surface area contributed by atoms with Gasteiger partial charge in [0.1, 0.15) is 0 Å². The lowest BCUT2D eigenvalue weighted by Gasteiger charge is -2.48. The van der Waals surface area contributed by atoms with Crippen molar-refractivity contribution >= 4 is 25.3 Å². The molecular formula is C14H34O3Si3. The van der Waals surface area contributed by atoms with Crippen LogP contribution in [0.2, 0.25) is 39.3 Å². The van der Waals surface area contributed by atoms with E-state index in [1.807, 2.05) is 6.92 Å². The SMILES string of the molecule is CCC(C)(O[Si](C)(C)C)[Si](C)(C)O[C@](C)(CC)[Si](C)=O. The molecule has 0 bridgehead atoms. The van der Waals surface area contributed by atoms with Gasteiger partial charge in [0.2, 0.25) is 8.32 Å². The van der Waals surface area contributed by atoms with E-state index >= 15 is 0 Å². The van der Waals surface area contributed by atoms with Crippen LogP contribution >= 0.6 is 0 Å². The first kappa shape index (κ1) is 20.4. The Morgan fingerprint density at radius 1 is 0.950 bits per heavy atom. The van der Waals surface area contributed by atoms with Crippen molar-refractivity contribution in [3.63, 3.8) is 0 Å². The average molecular weight is 335 g/mol. The summed E-state index contributed by atoms with van der Waals surface area (Å²) >= 11 is 0. The van der Waals surface area contributed by atoms with Crippen molar-refractivity contribution < 1.29 is 13.3 Å². The Balaban J connectivity index is 5.41. The highest BCUT2D eigenvalue weighted by Crippen LogP contribution is 2.36. The van der Waals surface area contributed by atoms with E-state index in [1.54, 1.807) is 6.55 Å². The van der Waals surface area contributed by atoms with Gasteiger partial charge < -0.3 is 13.3 Å². The fourth-order valence-corrected chi connectivity index (χ4v) is 9.93. The molecule has 0 aliphatic heterocycles. The van der Waals surface area contributed by atoms with E-state index in [0.717, 1.165) is 12.8 Å². The molecule has 0 aromatic carbocycles. The molecule has 0 heterocycles. The molecule has 0 fully saturated rings. The largest absolute Gasteiger partial charge is 0.412 e. The molecule has 0 aliphatic carbocycles. The highest BCUT2D eigenvalue weighted by molar-refractivity contribution is 6.77. The highest BCUT2D eigenvalue weighted by atomic mass is 28.4. The zero-order valence-electron chi connectivity index (χ0n) is 15.1. The third-order valence-electron chi connectivity index (χ3n) is 4.38. The monoisotopic (exact) mass is 334 g/mol. The Labute approximate surface area is 129 Å². The molecule has 120 valence electrons. The fraction of sp³-hybridized carbons (Fsp3) is 1.00. The highest BCUT2D eigenvalue weighted by Gasteiger charge is 2.51. The van der Waals surface area contributed by atoms with Crippen LogP contribution in [0.15, 0.2) is 0 Å². The molecule has 0 radical (unpaired) electrons. The van der Waals surface area contributed by atoms with Crippen molar-refractivity contribution in [2.45, 2.75) is 90.3 Å². The van der Waals surface area contributed by atoms with Crippen LogP contribution in [-0.4, -0.2) is 35.8 Å². The minimum absolute atomic E-state index is 0.231. The predicted octanol–water partition coefficient (Wildman–Crippen LogP) is 4.53. The van der Waals surface area contributed by atoms with Gasteiger partial charge >= 0.3 is 8.68 Å². The van der Waals surface area contributed by atoms with Gasteiger partial charge in [-0.05, 0) is 66.0 Å². The van der Waals surface area contributed by atoms with Crippen LogP contribution < -0.4 is 0 Å². The summed E-state index contributed by atoms with van der Waals surface area (Å²) in [5, 5.41) is -0.731. The second kappa shape index (κ2) is 6.64. The summed E-state index contributed by atoms with van der Waals surface area (Å²) in [7, 11) is -5.55. The molecule has 20 heavy (non-hydrogen) atoms. The van der Waals surface area contributed by atoms with Crippen LogP contribution in [0.3, 0.4) is 0 Å². The molecule has 0 saturated carbocycles. The molecule has 6 heteroatoms. The average Bonchev–Trinajstić information content (AvgIpc) is 2.25. The maximum Gasteiger partial charge on any atom is 0.305 e. The first-order chi connectivity index (χ1) is 8.73. The van der Waals surface area contributed by atoms with Crippen LogP contribution in [0.1, 0.15) is 40.5 Å². The maximum atomic E-state index is 12.1. The summed E-state index contributed by atoms with van der Waals surface area (Å²) in [5.41, 5.74) is 0. The lowest BCUT2D eigenvalue weighted by molar-refractivity contribution is 0.0764. The van der Waals surface area contributed by atoms with Crippen molar-refractivity contribution in [2.75, 3.05) is 0 Å². The summed E-state index contributed by atoms with van der Waals surface area (Å²) in [4.78, 5) is 0. The van der Waals surface area contributed by atoms with Crippen LogP contribution in [0, 0.1) is 0 Å². The van der Waals surface area contributed by atoms with E-state index in [4.69, 9.17) is 8.85 Å². The third-order valence-corrected chi connectivity index (χ3v) is 11.8. The second-order valence-corrected chi connectivity index (χ2v) is 18.4. The molecule has 3 nitrogen and oxygen atoms in total. The Bertz CT molecular complexity index is 352. The van der Waals surface area contributed by atoms with Crippen molar-refractivity contribution in [1.29, 1.82) is 0 Å². The topological polar surface area (TPSA) is 35.5 Å². The summed E-state index contributed by atoms with van der Waals surface area (Å²) in [6.45, 7) is 21.3. The van der Waals surface area contributed by atoms with Crippen LogP contribution in [-0.2, 0) is 13.3 Å². The summed E-state index contributed by atoms with van der Waals surface area (Å²) < 4.78 is 25.1. The zero-order chi connectivity index (χ0) is 16.4. The van der Waals surface area contributed by atoms with Crippen LogP contribution in [0.4, 0.5) is 0 Å². The normalized spacial score (nSPS) is 19.3. The molecule has 0 spiro atoms. The van der Waals surface area contributed by atoms with E-state index in [9.17, 15) is 4.46 Å². The van der Waals surface area contributed by atoms with Gasteiger partial charge in [-0.2, -0.15) is 0 Å². The lowest BCUT2D eigenvalue weighted by atomic mass is 10.3. The van der Waals surface area contributed by atoms with Crippen molar-refractivity contribution in [3.8, 4) is 0 Å². The Hall–Kier alpha value is 0.371. The zero-order valence-corrected chi connectivity index (χ0v) is 18.1. The molecule has 2 atom stereocenters. The third kappa shape index (κ3) is 4.98. The number of hydrogen-bond acceptors (Lipinski definition) is 3. The van der Waals surface area contributed by atoms with Crippen molar-refractivity contribution in [2.24, 2.45) is 0 Å². The Kier molecular flexibility index (Phi) is 6.77. The van der Waals surface area contributed by atoms with Gasteiger partial charge in [0.25, 0.3) is 0 Å². The van der Waals surface area contributed by atoms with Gasteiger partial charge in [0.05, 0.1) is 10.4 Å². The predicted molar refractivity (Wildman–Crippen MR) is 92.7 cm³/mol. The van der Waals surface area contributed by atoms with E-state index in [-0.39, 0.29) is 5.22 Å². The van der Waals surface area contributed by atoms with Gasteiger partial charge in [-0.3, -0.25) is 0 Å². The van der Waals surface area contributed by atoms with Gasteiger partial charge in [0.15, 0.2) is 8.32 Å². The maximum absolute atomic E-state index is 12.1. The smallest absolute Gasteiger partial charge is 0.305 e. The fourth-order valence-electron chi connectivity index (χ4n) is 2.36. The molecule has 0 N–H and O–H groups in total. The summed E-state index contributed by atoms with van der Waals surface area (Å²) in [6.07, 6.45) is 1.71. The van der Waals surface area contributed by atoms with Gasteiger partial charge in [-0.15, -0.1) is 0 Å². The van der Waals surface area contributed by atoms with Gasteiger partial charge in [-0.1, -0.05) is 13.8 Å². The molecule has 0 rings (SSSR count). The molecule has 0 amide bonds. The van der Waals surface area contributed by atoms with E-state index in [2.05, 4.69) is 53.5 Å². The molecule has 0 aliphatic rings. The lowest BCUT2D eigenvalue weighted by Crippen LogP contribution is -2.63. The number of hydrogen-bond donors (Lipinski definition) is 0. The standard InChI is InChI=1S/C14H34O3Si3/c1-11-13(3,18(5)15)16-20(9,10)14(4,12-2)17-19(6,7)8/h11-12H2,1-10H3/t13-,14?/m0/s1. The minimum atomic E-state index is -2.15. The van der Waals surface area contributed by atoms with Gasteiger partial charge in [-0.25, -0.2) is 0 Å². The molecule has 1 unspecified atom stereocenters. The minimum Gasteiger partial charge on any atom is -0.412 e. The van der Waals surface area contributed by atoms with Crippen molar-refractivity contribution in [3.05, 3.63) is 0 Å². The van der Waals surface area contributed by atoms with Crippen LogP contribution in [0.5, 0.6) is 0 Å². The Morgan fingerprint density at radius 3 is 1.65 bits per heavy atom. The van der Waals surface area contributed by atoms with E-state index in [0.29, 0.717) is 0 Å². The first-order valence-electron chi connectivity index (χ1n) is 7.64. The second-order valence-electron chi connectivity index (χ2n) is 7.55. The van der Waals surface area contributed by atoms with E-state index < -0.39 is 30.5 Å².